The van der Waals surface area contributed by atoms with Crippen LogP contribution in [-0.2, 0) is 17.8 Å². The van der Waals surface area contributed by atoms with Crippen molar-refractivity contribution in [2.24, 2.45) is 11.8 Å². The predicted molar refractivity (Wildman–Crippen MR) is 205 cm³/mol. The van der Waals surface area contributed by atoms with Gasteiger partial charge in [-0.2, -0.15) is 0 Å². The van der Waals surface area contributed by atoms with Gasteiger partial charge >= 0.3 is 12.1 Å². The van der Waals surface area contributed by atoms with E-state index < -0.39 is 6.04 Å². The summed E-state index contributed by atoms with van der Waals surface area (Å²) in [7, 11) is 2.20. The summed E-state index contributed by atoms with van der Waals surface area (Å²) < 4.78 is 0. The number of hydrogen-bond donors (Lipinski definition) is 2. The van der Waals surface area contributed by atoms with Gasteiger partial charge in [0.05, 0.1) is 5.69 Å². The number of urea groups is 2. The lowest BCUT2D eigenvalue weighted by molar-refractivity contribution is -0.133. The van der Waals surface area contributed by atoms with Crippen molar-refractivity contribution in [1.82, 2.24) is 24.9 Å². The second kappa shape index (κ2) is 20.3. The first-order chi connectivity index (χ1) is 24.0. The quantitative estimate of drug-likeness (QED) is 0.224. The Hall–Kier alpha value is -3.63. The van der Waals surface area contributed by atoms with E-state index in [-0.39, 0.29) is 24.0 Å². The van der Waals surface area contributed by atoms with Gasteiger partial charge in [-0.3, -0.25) is 4.79 Å². The van der Waals surface area contributed by atoms with Crippen LogP contribution in [0.15, 0.2) is 42.5 Å². The third-order valence-electron chi connectivity index (χ3n) is 10.1. The molecular formula is C40H65N7O3. The number of benzene rings is 2. The number of piperidine rings is 2. The number of likely N-dealkylation sites (tertiary alicyclic amines) is 2. The minimum absolute atomic E-state index is 0.00600. The molecule has 2 aromatic carbocycles. The Bertz CT molecular complexity index is 1350. The molecule has 3 aliphatic rings. The number of nitrogens with zero attached hydrogens (tertiary/aromatic N) is 5. The first kappa shape index (κ1) is 40.8. The molecule has 1 atom stereocenters. The molecule has 3 aliphatic heterocycles. The number of fused-ring (bicyclic) bond motifs is 1. The van der Waals surface area contributed by atoms with Crippen molar-refractivity contribution >= 4 is 23.7 Å². The SMILES string of the molecule is CC.CC1CCN(C)CC1.CCCN(CCC)C(=O)C(Cc1ccc(C)c(C)c1)NC(=O)N1CCC(N2Cc3ccccc3N(N)C2=O)CC1. The molecular weight excluding hydrogens is 626 g/mol. The maximum Gasteiger partial charge on any atom is 0.339 e. The molecule has 0 aromatic heterocycles. The first-order valence-electron chi connectivity index (χ1n) is 19.0. The molecule has 50 heavy (non-hydrogen) atoms. The highest BCUT2D eigenvalue weighted by Crippen LogP contribution is 2.30. The van der Waals surface area contributed by atoms with Crippen LogP contribution in [0.25, 0.3) is 0 Å². The lowest BCUT2D eigenvalue weighted by atomic mass is 9.99. The van der Waals surface area contributed by atoms with E-state index in [1.807, 2.05) is 54.0 Å². The molecule has 0 saturated carbocycles. The number of carbonyl (C=O) groups is 3. The monoisotopic (exact) mass is 692 g/mol. The van der Waals surface area contributed by atoms with Crippen LogP contribution >= 0.6 is 0 Å². The molecule has 3 N–H and O–H groups in total. The number of carbonyl (C=O) groups excluding carboxylic acids is 3. The first-order valence-corrected chi connectivity index (χ1v) is 19.0. The van der Waals surface area contributed by atoms with Gasteiger partial charge in [0.1, 0.15) is 6.04 Å². The maximum atomic E-state index is 13.7. The summed E-state index contributed by atoms with van der Waals surface area (Å²) in [5.41, 5.74) is 5.15. The molecule has 5 rings (SSSR count). The van der Waals surface area contributed by atoms with Crippen LogP contribution in [0, 0.1) is 19.8 Å². The molecule has 10 heteroatoms. The normalized spacial score (nSPS) is 17.5. The van der Waals surface area contributed by atoms with E-state index >= 15 is 0 Å². The van der Waals surface area contributed by atoms with E-state index in [1.165, 1.54) is 42.1 Å². The molecule has 0 aliphatic carbocycles. The van der Waals surface area contributed by atoms with Crippen LogP contribution in [0.1, 0.15) is 95.4 Å². The van der Waals surface area contributed by atoms with Crippen LogP contribution < -0.4 is 16.2 Å². The van der Waals surface area contributed by atoms with Gasteiger partial charge in [-0.25, -0.2) is 20.4 Å². The highest BCUT2D eigenvalue weighted by molar-refractivity contribution is 5.94. The lowest BCUT2D eigenvalue weighted by Crippen LogP contribution is -2.58. The average Bonchev–Trinajstić information content (AvgIpc) is 3.13. The molecule has 0 bridgehead atoms. The molecule has 3 heterocycles. The Morgan fingerprint density at radius 1 is 0.920 bits per heavy atom. The van der Waals surface area contributed by atoms with E-state index in [4.69, 9.17) is 5.84 Å². The number of anilines is 1. The smallest absolute Gasteiger partial charge is 0.339 e. The summed E-state index contributed by atoms with van der Waals surface area (Å²) in [4.78, 5) is 48.0. The lowest BCUT2D eigenvalue weighted by Gasteiger charge is -2.42. The highest BCUT2D eigenvalue weighted by Gasteiger charge is 2.36. The number of amides is 5. The molecule has 2 fully saturated rings. The zero-order chi connectivity index (χ0) is 36.8. The zero-order valence-electron chi connectivity index (χ0n) is 32.2. The third kappa shape index (κ3) is 11.2. The van der Waals surface area contributed by atoms with Crippen molar-refractivity contribution in [1.29, 1.82) is 0 Å². The number of nitrogens with one attached hydrogen (secondary N) is 1. The molecule has 2 saturated heterocycles. The Kier molecular flexibility index (Phi) is 16.5. The fraction of sp³-hybridized carbons (Fsp3) is 0.625. The molecule has 5 amide bonds. The summed E-state index contributed by atoms with van der Waals surface area (Å²) in [5.74, 6) is 7.07. The summed E-state index contributed by atoms with van der Waals surface area (Å²) >= 11 is 0. The third-order valence-corrected chi connectivity index (χ3v) is 10.1. The average molecular weight is 692 g/mol. The number of rotatable bonds is 9. The minimum Gasteiger partial charge on any atom is -0.341 e. The van der Waals surface area contributed by atoms with Gasteiger partial charge in [-0.1, -0.05) is 71.0 Å². The Morgan fingerprint density at radius 2 is 1.54 bits per heavy atom. The van der Waals surface area contributed by atoms with Crippen LogP contribution in [0.2, 0.25) is 0 Å². The summed E-state index contributed by atoms with van der Waals surface area (Å²) in [5, 5.41) is 4.30. The fourth-order valence-electron chi connectivity index (χ4n) is 6.87. The van der Waals surface area contributed by atoms with Gasteiger partial charge in [-0.05, 0) is 107 Å². The second-order valence-electron chi connectivity index (χ2n) is 14.1. The van der Waals surface area contributed by atoms with Crippen molar-refractivity contribution in [3.63, 3.8) is 0 Å². The molecule has 0 spiro atoms. The van der Waals surface area contributed by atoms with Crippen LogP contribution in [-0.4, -0.2) is 96.0 Å². The van der Waals surface area contributed by atoms with Crippen LogP contribution in [0.4, 0.5) is 15.3 Å². The van der Waals surface area contributed by atoms with E-state index in [0.717, 1.165) is 35.6 Å². The van der Waals surface area contributed by atoms with Crippen LogP contribution in [0.3, 0.4) is 0 Å². The topological polar surface area (TPSA) is 105 Å². The second-order valence-corrected chi connectivity index (χ2v) is 14.1. The number of hydrogen-bond acceptors (Lipinski definition) is 5. The van der Waals surface area contributed by atoms with Crippen molar-refractivity contribution < 1.29 is 14.4 Å². The molecule has 0 radical (unpaired) electrons. The minimum atomic E-state index is -0.642. The van der Waals surface area contributed by atoms with Gasteiger partial charge in [0.2, 0.25) is 5.91 Å². The van der Waals surface area contributed by atoms with Crippen molar-refractivity contribution in [3.8, 4) is 0 Å². The van der Waals surface area contributed by atoms with E-state index in [1.54, 1.807) is 4.90 Å². The predicted octanol–water partition coefficient (Wildman–Crippen LogP) is 6.73. The van der Waals surface area contributed by atoms with Crippen LogP contribution in [0.5, 0.6) is 0 Å². The van der Waals surface area contributed by atoms with E-state index in [9.17, 15) is 14.4 Å². The number of hydrazine groups is 1. The van der Waals surface area contributed by atoms with Gasteiger partial charge in [0, 0.05) is 45.2 Å². The Balaban J connectivity index is 0.000000586. The summed E-state index contributed by atoms with van der Waals surface area (Å²) in [6.07, 6.45) is 6.28. The van der Waals surface area contributed by atoms with Gasteiger partial charge < -0.3 is 24.9 Å². The van der Waals surface area contributed by atoms with Crippen molar-refractivity contribution in [2.45, 2.75) is 112 Å². The van der Waals surface area contributed by atoms with E-state index in [0.29, 0.717) is 52.0 Å². The van der Waals surface area contributed by atoms with Crippen molar-refractivity contribution in [2.75, 3.05) is 51.3 Å². The number of nitrogens with two attached hydrogens (primary N) is 1. The Morgan fingerprint density at radius 3 is 2.12 bits per heavy atom. The van der Waals surface area contributed by atoms with Gasteiger partial charge in [-0.15, -0.1) is 0 Å². The maximum absolute atomic E-state index is 13.7. The van der Waals surface area contributed by atoms with E-state index in [2.05, 4.69) is 64.0 Å². The fourth-order valence-corrected chi connectivity index (χ4v) is 6.87. The molecule has 278 valence electrons. The Labute approximate surface area is 302 Å². The number of aryl methyl sites for hydroxylation is 2. The summed E-state index contributed by atoms with van der Waals surface area (Å²) in [6.45, 7) is 20.1. The van der Waals surface area contributed by atoms with Crippen molar-refractivity contribution in [3.05, 3.63) is 64.7 Å². The standard InChI is InChI=1S/C31H44N6O3.C7H15N.C2H6/c1-5-15-34(16-6-2)29(38)27(20-24-12-11-22(3)23(4)19-24)33-30(39)35-17-13-26(14-18-35)36-21-25-9-7-8-10-28(25)37(32)31(36)40;1-7-3-5-8(2)6-4-7;1-2/h7-12,19,26-27H,5-6,13-18,20-21,32H2,1-4H3,(H,33,39);7H,3-6H2,1-2H3;1-2H3. The largest absolute Gasteiger partial charge is 0.341 e. The molecule has 1 unspecified atom stereocenters. The van der Waals surface area contributed by atoms with Gasteiger partial charge in [0.25, 0.3) is 0 Å². The van der Waals surface area contributed by atoms with Gasteiger partial charge in [0.15, 0.2) is 0 Å². The summed E-state index contributed by atoms with van der Waals surface area (Å²) in [6, 6.07) is 12.8. The number of para-hydroxylation sites is 1. The molecule has 10 nitrogen and oxygen atoms in total. The zero-order valence-corrected chi connectivity index (χ0v) is 32.2. The highest BCUT2D eigenvalue weighted by atomic mass is 16.2. The molecule has 2 aromatic rings.